The molecule has 16 heavy (non-hydrogen) atoms. The summed E-state index contributed by atoms with van der Waals surface area (Å²) in [5, 5.41) is 3.44. The molecule has 0 radical (unpaired) electrons. The van der Waals surface area contributed by atoms with Crippen molar-refractivity contribution in [1.29, 1.82) is 0 Å². The zero-order valence-corrected chi connectivity index (χ0v) is 9.57. The first-order valence-corrected chi connectivity index (χ1v) is 5.74. The van der Waals surface area contributed by atoms with E-state index < -0.39 is 0 Å². The van der Waals surface area contributed by atoms with Crippen molar-refractivity contribution in [2.45, 2.75) is 25.8 Å². The van der Waals surface area contributed by atoms with Crippen LogP contribution in [-0.2, 0) is 0 Å². The van der Waals surface area contributed by atoms with E-state index in [1.807, 2.05) is 25.1 Å². The van der Waals surface area contributed by atoms with E-state index in [0.717, 1.165) is 24.3 Å². The fraction of sp³-hybridized carbons (Fsp3) is 0.385. The van der Waals surface area contributed by atoms with Gasteiger partial charge in [-0.25, -0.2) is 0 Å². The monoisotopic (exact) mass is 218 g/mol. The highest BCUT2D eigenvalue weighted by Gasteiger charge is 2.12. The quantitative estimate of drug-likeness (QED) is 0.603. The van der Waals surface area contributed by atoms with Crippen molar-refractivity contribution in [2.24, 2.45) is 0 Å². The molecular weight excluding hydrogens is 200 g/mol. The Morgan fingerprint density at radius 1 is 1.38 bits per heavy atom. The van der Waals surface area contributed by atoms with E-state index in [1.54, 1.807) is 0 Å². The van der Waals surface area contributed by atoms with E-state index in [2.05, 4.69) is 17.5 Å². The van der Waals surface area contributed by atoms with Crippen LogP contribution in [-0.4, -0.2) is 12.6 Å². The summed E-state index contributed by atoms with van der Waals surface area (Å²) in [5.41, 5.74) is 7.72. The largest absolute Gasteiger partial charge is 0.492 e. The smallest absolute Gasteiger partial charge is 0.144 e. The number of nitrogens with two attached hydrogens (primary N) is 1. The maximum absolute atomic E-state index is 6.04. The molecule has 0 amide bonds. The second kappa shape index (κ2) is 4.92. The third kappa shape index (κ3) is 2.30. The van der Waals surface area contributed by atoms with Gasteiger partial charge in [-0.05, 0) is 31.9 Å². The van der Waals surface area contributed by atoms with E-state index in [1.165, 1.54) is 0 Å². The average molecular weight is 218 g/mol. The summed E-state index contributed by atoms with van der Waals surface area (Å²) in [6, 6.07) is 6.33. The summed E-state index contributed by atoms with van der Waals surface area (Å²) < 4.78 is 5.46. The normalized spacial score (nSPS) is 15.3. The lowest BCUT2D eigenvalue weighted by Gasteiger charge is -2.17. The summed E-state index contributed by atoms with van der Waals surface area (Å²) in [6.07, 6.45) is 6.52. The minimum atomic E-state index is 0.471. The minimum absolute atomic E-state index is 0.471. The summed E-state index contributed by atoms with van der Waals surface area (Å²) in [4.78, 5) is 0. The molecule has 0 saturated carbocycles. The molecule has 0 aliphatic heterocycles. The van der Waals surface area contributed by atoms with E-state index in [4.69, 9.17) is 10.5 Å². The van der Waals surface area contributed by atoms with Crippen molar-refractivity contribution < 1.29 is 4.74 Å². The molecule has 3 heteroatoms. The summed E-state index contributed by atoms with van der Waals surface area (Å²) in [6.45, 7) is 2.60. The van der Waals surface area contributed by atoms with Gasteiger partial charge in [0.25, 0.3) is 0 Å². The Morgan fingerprint density at radius 3 is 2.81 bits per heavy atom. The lowest BCUT2D eigenvalue weighted by molar-refractivity contribution is 0.342. The van der Waals surface area contributed by atoms with Crippen molar-refractivity contribution >= 4 is 11.4 Å². The Kier molecular flexibility index (Phi) is 3.34. The van der Waals surface area contributed by atoms with Crippen LogP contribution in [0, 0.1) is 0 Å². The number of hydrogen-bond acceptors (Lipinski definition) is 3. The second-order valence-corrected chi connectivity index (χ2v) is 3.93. The van der Waals surface area contributed by atoms with Crippen LogP contribution in [0.3, 0.4) is 0 Å². The minimum Gasteiger partial charge on any atom is -0.492 e. The van der Waals surface area contributed by atoms with Gasteiger partial charge in [0.1, 0.15) is 5.75 Å². The van der Waals surface area contributed by atoms with Crippen LogP contribution in [0.2, 0.25) is 0 Å². The lowest BCUT2D eigenvalue weighted by Crippen LogP contribution is -2.16. The number of nitrogens with one attached hydrogen (secondary N) is 1. The fourth-order valence-electron chi connectivity index (χ4n) is 1.91. The molecule has 2 rings (SSSR count). The third-order valence-electron chi connectivity index (χ3n) is 2.73. The van der Waals surface area contributed by atoms with Crippen molar-refractivity contribution in [1.82, 2.24) is 0 Å². The van der Waals surface area contributed by atoms with Crippen LogP contribution >= 0.6 is 0 Å². The Bertz CT molecular complexity index is 380. The Labute approximate surface area is 96.3 Å². The van der Waals surface area contributed by atoms with E-state index in [9.17, 15) is 0 Å². The molecule has 0 heterocycles. The van der Waals surface area contributed by atoms with Crippen LogP contribution in [0.1, 0.15) is 19.8 Å². The number of nitrogen functional groups attached to an aromatic ring is 1. The lowest BCUT2D eigenvalue weighted by atomic mass is 10.2. The highest BCUT2D eigenvalue weighted by Crippen LogP contribution is 2.30. The average Bonchev–Trinajstić information content (AvgIpc) is 2.77. The first-order valence-electron chi connectivity index (χ1n) is 5.74. The van der Waals surface area contributed by atoms with Gasteiger partial charge >= 0.3 is 0 Å². The van der Waals surface area contributed by atoms with Crippen LogP contribution in [0.5, 0.6) is 5.75 Å². The number of para-hydroxylation sites is 1. The predicted octanol–water partition coefficient (Wildman–Crippen LogP) is 2.80. The van der Waals surface area contributed by atoms with Crippen LogP contribution < -0.4 is 15.8 Å². The molecular formula is C13H18N2O. The van der Waals surface area contributed by atoms with Crippen LogP contribution in [0.25, 0.3) is 0 Å². The van der Waals surface area contributed by atoms with Crippen LogP contribution in [0.15, 0.2) is 30.4 Å². The second-order valence-electron chi connectivity index (χ2n) is 3.93. The topological polar surface area (TPSA) is 47.3 Å². The maximum atomic E-state index is 6.04. The molecule has 0 unspecified atom stereocenters. The zero-order chi connectivity index (χ0) is 11.4. The molecule has 3 N–H and O–H groups in total. The molecule has 1 aromatic carbocycles. The standard InChI is InChI=1S/C13H18N2O/c1-2-16-12-9-5-8-11(13(12)14)15-10-6-3-4-7-10/h3-5,8-10,15H,2,6-7,14H2,1H3. The highest BCUT2D eigenvalue weighted by molar-refractivity contribution is 5.73. The molecule has 0 spiro atoms. The molecule has 86 valence electrons. The molecule has 3 nitrogen and oxygen atoms in total. The van der Waals surface area contributed by atoms with Crippen molar-refractivity contribution in [3.8, 4) is 5.75 Å². The van der Waals surface area contributed by atoms with Gasteiger partial charge in [0.2, 0.25) is 0 Å². The van der Waals surface area contributed by atoms with Gasteiger partial charge in [-0.1, -0.05) is 18.2 Å². The van der Waals surface area contributed by atoms with Crippen molar-refractivity contribution in [3.63, 3.8) is 0 Å². The molecule has 0 fully saturated rings. The Morgan fingerprint density at radius 2 is 2.12 bits per heavy atom. The zero-order valence-electron chi connectivity index (χ0n) is 9.57. The van der Waals surface area contributed by atoms with E-state index in [-0.39, 0.29) is 0 Å². The van der Waals surface area contributed by atoms with Gasteiger partial charge in [0.15, 0.2) is 0 Å². The van der Waals surface area contributed by atoms with Gasteiger partial charge in [0, 0.05) is 6.04 Å². The summed E-state index contributed by atoms with van der Waals surface area (Å²) >= 11 is 0. The molecule has 0 aromatic heterocycles. The fourth-order valence-corrected chi connectivity index (χ4v) is 1.91. The van der Waals surface area contributed by atoms with Gasteiger partial charge in [-0.15, -0.1) is 0 Å². The number of benzene rings is 1. The maximum Gasteiger partial charge on any atom is 0.144 e. The van der Waals surface area contributed by atoms with Gasteiger partial charge in [0.05, 0.1) is 18.0 Å². The van der Waals surface area contributed by atoms with Crippen molar-refractivity contribution in [2.75, 3.05) is 17.7 Å². The molecule has 0 atom stereocenters. The van der Waals surface area contributed by atoms with Crippen LogP contribution in [0.4, 0.5) is 11.4 Å². The summed E-state index contributed by atoms with van der Waals surface area (Å²) in [7, 11) is 0. The van der Waals surface area contributed by atoms with Gasteiger partial charge < -0.3 is 15.8 Å². The number of ether oxygens (including phenoxy) is 1. The molecule has 0 bridgehead atoms. The van der Waals surface area contributed by atoms with Gasteiger partial charge in [-0.3, -0.25) is 0 Å². The molecule has 0 saturated heterocycles. The molecule has 1 aliphatic carbocycles. The Balaban J connectivity index is 2.10. The summed E-state index contributed by atoms with van der Waals surface area (Å²) in [5.74, 6) is 0.762. The van der Waals surface area contributed by atoms with E-state index in [0.29, 0.717) is 18.3 Å². The first kappa shape index (κ1) is 10.9. The molecule has 1 aliphatic rings. The van der Waals surface area contributed by atoms with Crippen molar-refractivity contribution in [3.05, 3.63) is 30.4 Å². The highest BCUT2D eigenvalue weighted by atomic mass is 16.5. The number of rotatable bonds is 4. The number of hydrogen-bond donors (Lipinski definition) is 2. The number of anilines is 2. The van der Waals surface area contributed by atoms with Gasteiger partial charge in [-0.2, -0.15) is 0 Å². The third-order valence-corrected chi connectivity index (χ3v) is 2.73. The first-order chi connectivity index (χ1) is 7.81. The SMILES string of the molecule is CCOc1cccc(NC2CC=CC2)c1N. The molecule has 1 aromatic rings. The predicted molar refractivity (Wildman–Crippen MR) is 67.8 cm³/mol. The van der Waals surface area contributed by atoms with E-state index >= 15 is 0 Å². The Hall–Kier alpha value is -1.64.